The lowest BCUT2D eigenvalue weighted by Gasteiger charge is -2.12. The van der Waals surface area contributed by atoms with Crippen molar-refractivity contribution in [1.29, 1.82) is 0 Å². The zero-order valence-electron chi connectivity index (χ0n) is 11.3. The van der Waals surface area contributed by atoms with E-state index in [-0.39, 0.29) is 17.5 Å². The van der Waals surface area contributed by atoms with Crippen LogP contribution in [0.4, 0.5) is 11.8 Å². The summed E-state index contributed by atoms with van der Waals surface area (Å²) in [6.07, 6.45) is 3.85. The highest BCUT2D eigenvalue weighted by molar-refractivity contribution is 7.91. The maximum absolute atomic E-state index is 11.4. The molecule has 1 aliphatic heterocycles. The Morgan fingerprint density at radius 1 is 1.38 bits per heavy atom. The van der Waals surface area contributed by atoms with Crippen molar-refractivity contribution < 1.29 is 12.8 Å². The number of anilines is 2. The van der Waals surface area contributed by atoms with Crippen LogP contribution < -0.4 is 10.6 Å². The topological polar surface area (TPSA) is 97.1 Å². The SMILES string of the molecule is O=S1(=O)CCC(Nc2ccnc(NCc3ccco3)n2)C1. The van der Waals surface area contributed by atoms with Gasteiger partial charge in [0.1, 0.15) is 11.6 Å². The highest BCUT2D eigenvalue weighted by atomic mass is 32.2. The largest absolute Gasteiger partial charge is 0.467 e. The lowest BCUT2D eigenvalue weighted by atomic mass is 10.2. The lowest BCUT2D eigenvalue weighted by molar-refractivity contribution is 0.517. The van der Waals surface area contributed by atoms with Crippen LogP contribution in [0.1, 0.15) is 12.2 Å². The van der Waals surface area contributed by atoms with Crippen molar-refractivity contribution in [3.63, 3.8) is 0 Å². The van der Waals surface area contributed by atoms with Crippen LogP contribution in [0.5, 0.6) is 0 Å². The number of hydrogen-bond acceptors (Lipinski definition) is 7. The lowest BCUT2D eigenvalue weighted by Crippen LogP contribution is -2.21. The third-order valence-corrected chi connectivity index (χ3v) is 5.01. The van der Waals surface area contributed by atoms with Gasteiger partial charge >= 0.3 is 0 Å². The van der Waals surface area contributed by atoms with Crippen molar-refractivity contribution >= 4 is 21.6 Å². The molecule has 3 heterocycles. The first kappa shape index (κ1) is 13.9. The van der Waals surface area contributed by atoms with Crippen LogP contribution in [-0.2, 0) is 16.4 Å². The summed E-state index contributed by atoms with van der Waals surface area (Å²) in [6.45, 7) is 0.494. The van der Waals surface area contributed by atoms with Gasteiger partial charge in [-0.05, 0) is 24.6 Å². The molecule has 112 valence electrons. The maximum atomic E-state index is 11.4. The minimum Gasteiger partial charge on any atom is -0.467 e. The predicted octanol–water partition coefficient (Wildman–Crippen LogP) is 1.28. The van der Waals surface area contributed by atoms with Gasteiger partial charge in [0.25, 0.3) is 0 Å². The summed E-state index contributed by atoms with van der Waals surface area (Å²) in [5.74, 6) is 2.27. The normalized spacial score (nSPS) is 20.3. The number of hydrogen-bond donors (Lipinski definition) is 2. The molecule has 2 N–H and O–H groups in total. The van der Waals surface area contributed by atoms with E-state index in [1.807, 2.05) is 12.1 Å². The molecule has 21 heavy (non-hydrogen) atoms. The Kier molecular flexibility index (Phi) is 3.78. The molecule has 7 nitrogen and oxygen atoms in total. The number of rotatable bonds is 5. The standard InChI is InChI=1S/C13H16N4O3S/c18-21(19)7-4-10(9-21)16-12-3-5-14-13(17-12)15-8-11-2-1-6-20-11/h1-3,5-6,10H,4,7-9H2,(H2,14,15,16,17). The fourth-order valence-corrected chi connectivity index (χ4v) is 3.89. The summed E-state index contributed by atoms with van der Waals surface area (Å²) < 4.78 is 28.1. The Morgan fingerprint density at radius 2 is 2.29 bits per heavy atom. The van der Waals surface area contributed by atoms with E-state index >= 15 is 0 Å². The highest BCUT2D eigenvalue weighted by Gasteiger charge is 2.27. The zero-order valence-corrected chi connectivity index (χ0v) is 12.1. The average molecular weight is 308 g/mol. The fourth-order valence-electron chi connectivity index (χ4n) is 2.22. The van der Waals surface area contributed by atoms with Crippen LogP contribution in [0, 0.1) is 0 Å². The van der Waals surface area contributed by atoms with E-state index in [0.29, 0.717) is 24.7 Å². The van der Waals surface area contributed by atoms with Gasteiger partial charge in [0, 0.05) is 12.2 Å². The van der Waals surface area contributed by atoms with Gasteiger partial charge in [0.15, 0.2) is 9.84 Å². The first-order chi connectivity index (χ1) is 10.1. The van der Waals surface area contributed by atoms with Crippen molar-refractivity contribution in [2.24, 2.45) is 0 Å². The van der Waals surface area contributed by atoms with Gasteiger partial charge in [-0.2, -0.15) is 4.98 Å². The van der Waals surface area contributed by atoms with Crippen molar-refractivity contribution in [3.05, 3.63) is 36.4 Å². The molecule has 1 atom stereocenters. The molecule has 0 spiro atoms. The molecular formula is C13H16N4O3S. The fraction of sp³-hybridized carbons (Fsp3) is 0.385. The molecule has 0 aromatic carbocycles. The molecule has 1 aliphatic rings. The number of nitrogens with zero attached hydrogens (tertiary/aromatic N) is 2. The summed E-state index contributed by atoms with van der Waals surface area (Å²) in [5.41, 5.74) is 0. The van der Waals surface area contributed by atoms with Crippen LogP contribution in [0.2, 0.25) is 0 Å². The minimum atomic E-state index is -2.90. The monoisotopic (exact) mass is 308 g/mol. The molecule has 1 fully saturated rings. The average Bonchev–Trinajstić information content (AvgIpc) is 3.07. The molecule has 1 saturated heterocycles. The second kappa shape index (κ2) is 5.72. The molecule has 1 unspecified atom stereocenters. The minimum absolute atomic E-state index is 0.0807. The van der Waals surface area contributed by atoms with Crippen LogP contribution >= 0.6 is 0 Å². The van der Waals surface area contributed by atoms with Crippen LogP contribution in [0.25, 0.3) is 0 Å². The summed E-state index contributed by atoms with van der Waals surface area (Å²) in [4.78, 5) is 8.43. The third kappa shape index (κ3) is 3.72. The molecule has 3 rings (SSSR count). The Morgan fingerprint density at radius 3 is 3.00 bits per heavy atom. The Balaban J connectivity index is 1.60. The van der Waals surface area contributed by atoms with Crippen molar-refractivity contribution in [2.45, 2.75) is 19.0 Å². The quantitative estimate of drug-likeness (QED) is 0.858. The zero-order chi connectivity index (χ0) is 14.7. The van der Waals surface area contributed by atoms with E-state index < -0.39 is 9.84 Å². The van der Waals surface area contributed by atoms with Gasteiger partial charge in [-0.3, -0.25) is 0 Å². The Labute approximate surface area is 122 Å². The van der Waals surface area contributed by atoms with Crippen molar-refractivity contribution in [2.75, 3.05) is 22.1 Å². The molecule has 8 heteroatoms. The van der Waals surface area contributed by atoms with E-state index in [0.717, 1.165) is 5.76 Å². The first-order valence-corrected chi connectivity index (χ1v) is 8.49. The van der Waals surface area contributed by atoms with E-state index in [4.69, 9.17) is 4.42 Å². The summed E-state index contributed by atoms with van der Waals surface area (Å²) in [6, 6.07) is 5.32. The third-order valence-electron chi connectivity index (χ3n) is 3.24. The molecule has 0 saturated carbocycles. The number of nitrogens with one attached hydrogen (secondary N) is 2. The van der Waals surface area contributed by atoms with Gasteiger partial charge in [0.05, 0.1) is 24.3 Å². The molecule has 0 aliphatic carbocycles. The van der Waals surface area contributed by atoms with Gasteiger partial charge in [-0.15, -0.1) is 0 Å². The summed E-state index contributed by atoms with van der Waals surface area (Å²) in [7, 11) is -2.90. The summed E-state index contributed by atoms with van der Waals surface area (Å²) in [5, 5.41) is 6.19. The van der Waals surface area contributed by atoms with Gasteiger partial charge in [-0.1, -0.05) is 0 Å². The van der Waals surface area contributed by atoms with Gasteiger partial charge in [0.2, 0.25) is 5.95 Å². The number of aromatic nitrogens is 2. The second-order valence-electron chi connectivity index (χ2n) is 4.94. The molecule has 2 aromatic heterocycles. The van der Waals surface area contributed by atoms with E-state index in [2.05, 4.69) is 20.6 Å². The maximum Gasteiger partial charge on any atom is 0.224 e. The van der Waals surface area contributed by atoms with Gasteiger partial charge < -0.3 is 15.1 Å². The number of sulfone groups is 1. The van der Waals surface area contributed by atoms with E-state index in [1.54, 1.807) is 18.5 Å². The molecule has 0 radical (unpaired) electrons. The molecule has 0 amide bonds. The van der Waals surface area contributed by atoms with Crippen LogP contribution in [0.3, 0.4) is 0 Å². The van der Waals surface area contributed by atoms with E-state index in [1.165, 1.54) is 0 Å². The van der Waals surface area contributed by atoms with Gasteiger partial charge in [-0.25, -0.2) is 13.4 Å². The van der Waals surface area contributed by atoms with Crippen molar-refractivity contribution in [3.8, 4) is 0 Å². The highest BCUT2D eigenvalue weighted by Crippen LogP contribution is 2.16. The predicted molar refractivity (Wildman–Crippen MR) is 78.7 cm³/mol. The molecule has 0 bridgehead atoms. The second-order valence-corrected chi connectivity index (χ2v) is 7.17. The molecule has 2 aromatic rings. The Hall–Kier alpha value is -2.09. The van der Waals surface area contributed by atoms with Crippen LogP contribution in [-0.4, -0.2) is 35.9 Å². The smallest absolute Gasteiger partial charge is 0.224 e. The molecular weight excluding hydrogens is 292 g/mol. The van der Waals surface area contributed by atoms with Crippen LogP contribution in [0.15, 0.2) is 35.1 Å². The number of furan rings is 1. The van der Waals surface area contributed by atoms with E-state index in [9.17, 15) is 8.42 Å². The first-order valence-electron chi connectivity index (χ1n) is 6.67. The Bertz CT molecular complexity index is 700. The van der Waals surface area contributed by atoms with Crippen molar-refractivity contribution in [1.82, 2.24) is 9.97 Å². The summed E-state index contributed by atoms with van der Waals surface area (Å²) >= 11 is 0.